The van der Waals surface area contributed by atoms with E-state index in [-0.39, 0.29) is 0 Å². The summed E-state index contributed by atoms with van der Waals surface area (Å²) in [5.41, 5.74) is 11.3. The minimum absolute atomic E-state index is 0.384. The van der Waals surface area contributed by atoms with Crippen LogP contribution >= 0.6 is 0 Å². The molecular weight excluding hydrogens is 905 g/mol. The first-order chi connectivity index (χ1) is 26.3. The standard InChI is InChI=1S/3C12H17N.3C4H8O.U/c3*1-8(2)10-6-5-7-11(9(3)4)12(10)13;3*1-2-4-5-3-1;/h3*5-9H,1-4H3;3*1-4H2;. The summed E-state index contributed by atoms with van der Waals surface area (Å²) in [4.78, 5) is 0. The van der Waals surface area contributed by atoms with Gasteiger partial charge in [0.2, 0.25) is 0 Å². The predicted octanol–water partition coefficient (Wildman–Crippen LogP) is 15.3. The maximum absolute atomic E-state index is 5.68. The van der Waals surface area contributed by atoms with Crippen LogP contribution in [0.4, 0.5) is 17.1 Å². The zero-order chi connectivity index (χ0) is 40.3. The molecule has 3 saturated heterocycles. The van der Waals surface area contributed by atoms with Gasteiger partial charge in [0.25, 0.3) is 0 Å². The van der Waals surface area contributed by atoms with Gasteiger partial charge in [-0.3, -0.25) is 0 Å². The van der Waals surface area contributed by atoms with Gasteiger partial charge in [0.05, 0.1) is 0 Å². The Labute approximate surface area is 346 Å². The summed E-state index contributed by atoms with van der Waals surface area (Å²) in [6.45, 7) is 33.3. The summed E-state index contributed by atoms with van der Waals surface area (Å²) in [6.07, 6.45) is 7.67. The van der Waals surface area contributed by atoms with Crippen molar-refractivity contribution in [2.45, 2.75) is 157 Å². The molecule has 0 atom stereocenters. The molecule has 0 aliphatic carbocycles. The van der Waals surface area contributed by atoms with Crippen molar-refractivity contribution in [1.29, 1.82) is 0 Å². The van der Waals surface area contributed by atoms with Crippen molar-refractivity contribution in [3.63, 3.8) is 0 Å². The van der Waals surface area contributed by atoms with Gasteiger partial charge in [0, 0.05) is 39.6 Å². The fourth-order valence-corrected chi connectivity index (χ4v) is 13.2. The fourth-order valence-electron chi connectivity index (χ4n) is 6.83. The Morgan fingerprint density at radius 2 is 0.527 bits per heavy atom. The molecule has 304 valence electrons. The van der Waals surface area contributed by atoms with Crippen molar-refractivity contribution in [2.75, 3.05) is 39.6 Å². The van der Waals surface area contributed by atoms with E-state index in [1.807, 2.05) is 0 Å². The third-order valence-electron chi connectivity index (χ3n) is 10.1. The summed E-state index contributed by atoms with van der Waals surface area (Å²) in [5, 5.41) is 0. The van der Waals surface area contributed by atoms with E-state index in [9.17, 15) is 0 Å². The van der Waals surface area contributed by atoms with Crippen LogP contribution < -0.4 is 0 Å². The molecule has 0 aromatic heterocycles. The summed E-state index contributed by atoms with van der Waals surface area (Å²) >= 11 is -3.58. The van der Waals surface area contributed by atoms with E-state index in [1.165, 1.54) is 71.9 Å². The Morgan fingerprint density at radius 1 is 0.345 bits per heavy atom. The number of rotatable bonds is 9. The van der Waals surface area contributed by atoms with Crippen LogP contribution in [0.25, 0.3) is 0 Å². The van der Waals surface area contributed by atoms with Gasteiger partial charge < -0.3 is 14.2 Å². The first kappa shape index (κ1) is 47.4. The summed E-state index contributed by atoms with van der Waals surface area (Å²) in [7, 11) is 0. The fraction of sp³-hybridized carbons (Fsp3) is 0.625. The van der Waals surface area contributed by atoms with Gasteiger partial charge in [0.1, 0.15) is 0 Å². The zero-order valence-electron chi connectivity index (χ0n) is 36.7. The molecule has 3 heterocycles. The van der Waals surface area contributed by atoms with Gasteiger partial charge in [-0.25, -0.2) is 0 Å². The van der Waals surface area contributed by atoms with Gasteiger partial charge in [0.15, 0.2) is 0 Å². The Bertz CT molecular complexity index is 1420. The number of hydrogen-bond donors (Lipinski definition) is 0. The molecule has 6 nitrogen and oxygen atoms in total. The van der Waals surface area contributed by atoms with E-state index < -0.39 is 25.6 Å². The van der Waals surface area contributed by atoms with Gasteiger partial charge in [-0.2, -0.15) is 0 Å². The van der Waals surface area contributed by atoms with Crippen molar-refractivity contribution < 1.29 is 39.8 Å². The molecule has 3 aliphatic heterocycles. The molecule has 0 unspecified atom stereocenters. The Kier molecular flexibility index (Phi) is 21.9. The zero-order valence-corrected chi connectivity index (χ0v) is 40.9. The number of ether oxygens (including phenoxy) is 3. The van der Waals surface area contributed by atoms with Crippen LogP contribution in [0.3, 0.4) is 0 Å². The van der Waals surface area contributed by atoms with Gasteiger partial charge in [-0.15, -0.1) is 0 Å². The van der Waals surface area contributed by atoms with Crippen LogP contribution in [0, 0.1) is 25.6 Å². The molecule has 7 heteroatoms. The van der Waals surface area contributed by atoms with E-state index in [0.29, 0.717) is 35.5 Å². The molecule has 6 rings (SSSR count). The van der Waals surface area contributed by atoms with E-state index in [1.54, 1.807) is 0 Å². The van der Waals surface area contributed by atoms with Crippen LogP contribution in [0.2, 0.25) is 0 Å². The van der Waals surface area contributed by atoms with Crippen molar-refractivity contribution in [1.82, 2.24) is 0 Å². The van der Waals surface area contributed by atoms with E-state index in [4.69, 9.17) is 21.0 Å². The van der Waals surface area contributed by atoms with Crippen LogP contribution in [-0.4, -0.2) is 39.6 Å². The van der Waals surface area contributed by atoms with Crippen molar-refractivity contribution in [3.8, 4) is 0 Å². The summed E-state index contributed by atoms with van der Waals surface area (Å²) in [5.74, 6) is 2.31. The Hall–Kier alpha value is -2.01. The second-order valence-corrected chi connectivity index (χ2v) is 22.2. The third-order valence-corrected chi connectivity index (χ3v) is 15.4. The quantitative estimate of drug-likeness (QED) is 0.215. The van der Waals surface area contributed by atoms with Gasteiger partial charge in [-0.05, 0) is 38.5 Å². The molecule has 0 radical (unpaired) electrons. The number of benzene rings is 3. The maximum atomic E-state index is 5.68. The molecule has 0 amide bonds. The van der Waals surface area contributed by atoms with E-state index in [0.717, 1.165) is 56.7 Å². The molecule has 3 fully saturated rings. The van der Waals surface area contributed by atoms with Gasteiger partial charge >= 0.3 is 256 Å². The molecule has 3 aromatic carbocycles. The number of hydrogen-bond acceptors (Lipinski definition) is 6. The average molecular weight is 980 g/mol. The SMILES string of the molecule is C1CCOC1.C1CCOC1.C1CCOC1.CC(C)c1cccc(C(C)C)c1[N]=[U](=[N]c1c(C(C)C)cccc1C(C)C)=[N]c1c(C(C)C)cccc1C(C)C. The topological polar surface area (TPSA) is 64.8 Å². The molecule has 3 aromatic rings. The van der Waals surface area contributed by atoms with Crippen LogP contribution in [0.5, 0.6) is 0 Å². The summed E-state index contributed by atoms with van der Waals surface area (Å²) < 4.78 is 31.9. The van der Waals surface area contributed by atoms with Crippen molar-refractivity contribution in [2.24, 2.45) is 6.77 Å². The van der Waals surface area contributed by atoms with Crippen LogP contribution in [-0.2, 0) is 14.2 Å². The van der Waals surface area contributed by atoms with Crippen molar-refractivity contribution >= 4 is 17.1 Å². The second kappa shape index (κ2) is 25.4. The second-order valence-electron chi connectivity index (χ2n) is 16.9. The molecule has 3 aliphatic rings. The molecule has 0 saturated carbocycles. The first-order valence-corrected chi connectivity index (χ1v) is 27.1. The van der Waals surface area contributed by atoms with E-state index in [2.05, 4.69) is 138 Å². The molecule has 0 N–H and O–H groups in total. The summed E-state index contributed by atoms with van der Waals surface area (Å²) in [6, 6.07) is 20.1. The monoisotopic (exact) mass is 980 g/mol. The van der Waals surface area contributed by atoms with Gasteiger partial charge in [-0.1, -0.05) is 0 Å². The Morgan fingerprint density at radius 3 is 0.655 bits per heavy atom. The first-order valence-electron chi connectivity index (χ1n) is 21.5. The van der Waals surface area contributed by atoms with Crippen LogP contribution in [0.1, 0.15) is 190 Å². The molecule has 0 spiro atoms. The van der Waals surface area contributed by atoms with Crippen molar-refractivity contribution in [3.05, 3.63) is 88.0 Å². The molecular formula is C48H75N3O3U. The van der Waals surface area contributed by atoms with Crippen LogP contribution in [0.15, 0.2) is 61.4 Å². The average Bonchev–Trinajstić information content (AvgIpc) is 3.99. The van der Waals surface area contributed by atoms with E-state index >= 15 is 0 Å². The Balaban J connectivity index is 0.000000442. The predicted molar refractivity (Wildman–Crippen MR) is 230 cm³/mol. The number of nitrogens with zero attached hydrogens (tertiary/aromatic N) is 3. The minimum atomic E-state index is -3.58. The normalized spacial score (nSPS) is 15.2. The molecule has 0 bridgehead atoms. The molecule has 55 heavy (non-hydrogen) atoms. The third kappa shape index (κ3) is 15.7.